The zero-order valence-corrected chi connectivity index (χ0v) is 34.7. The highest BCUT2D eigenvalue weighted by Gasteiger charge is 2.48. The number of hydrogen-bond donors (Lipinski definition) is 4. The van der Waals surface area contributed by atoms with Crippen LogP contribution in [0, 0.1) is 5.92 Å². The molecule has 0 radical (unpaired) electrons. The lowest BCUT2D eigenvalue weighted by molar-refractivity contribution is -0.165. The van der Waals surface area contributed by atoms with Crippen molar-refractivity contribution >= 4 is 63.9 Å². The molecule has 17 heteroatoms. The van der Waals surface area contributed by atoms with Gasteiger partial charge in [0.05, 0.1) is 34.7 Å². The number of fused-ring (bicyclic) bond motifs is 2. The van der Waals surface area contributed by atoms with Gasteiger partial charge >= 0.3 is 12.0 Å². The number of imidazole rings is 1. The Morgan fingerprint density at radius 2 is 1.72 bits per heavy atom. The van der Waals surface area contributed by atoms with Crippen LogP contribution in [0.2, 0.25) is 0 Å². The Labute approximate surface area is 352 Å². The molecule has 17 nitrogen and oxygen atoms in total. The van der Waals surface area contributed by atoms with Crippen LogP contribution in [0.25, 0.3) is 16.7 Å². The first-order valence-corrected chi connectivity index (χ1v) is 20.3. The standard InChI is InChI=1S/C44H49N9O8/c1-26(2)42(58)61-25-52-37(54)19-18-34(40(52)56)53-39(55)30-10-9-11-31(38(30)41(53)57)45-20-7-6-8-21-60-29-16-17-33-32(22-29)46-24-51(33)28-14-12-27(13-15-28)47-43(59)48-36-23-35(49-50-36)44(3,4)5/h9-17,22-24,26,34,45H,6-8,18-21,25H2,1-5H3,(H3,47,48,49,50,59). The van der Waals surface area contributed by atoms with E-state index in [1.54, 1.807) is 38.4 Å². The number of nitrogens with one attached hydrogen (secondary N) is 4. The van der Waals surface area contributed by atoms with Crippen LogP contribution in [0.15, 0.2) is 73.1 Å². The number of unbranched alkanes of at least 4 members (excludes halogenated alkanes) is 2. The number of amides is 6. The average molecular weight is 832 g/mol. The van der Waals surface area contributed by atoms with Gasteiger partial charge in [0.25, 0.3) is 17.7 Å². The van der Waals surface area contributed by atoms with Gasteiger partial charge in [-0.05, 0) is 74.2 Å². The zero-order chi connectivity index (χ0) is 43.4. The van der Waals surface area contributed by atoms with Gasteiger partial charge in [-0.15, -0.1) is 0 Å². The topological polar surface area (TPSA) is 210 Å². The summed E-state index contributed by atoms with van der Waals surface area (Å²) in [5, 5.41) is 16.0. The number of esters is 1. The van der Waals surface area contributed by atoms with Gasteiger partial charge in [0.1, 0.15) is 18.1 Å². The minimum Gasteiger partial charge on any atom is -0.494 e. The first-order chi connectivity index (χ1) is 29.2. The van der Waals surface area contributed by atoms with E-state index in [0.29, 0.717) is 36.1 Å². The molecule has 4 heterocycles. The maximum absolute atomic E-state index is 13.7. The number of hydrogen-bond acceptors (Lipinski definition) is 11. The van der Waals surface area contributed by atoms with Crippen molar-refractivity contribution in [1.82, 2.24) is 29.5 Å². The minimum atomic E-state index is -1.19. The van der Waals surface area contributed by atoms with Gasteiger partial charge in [0.2, 0.25) is 5.91 Å². The number of nitrogens with zero attached hydrogens (tertiary/aromatic N) is 5. The Kier molecular flexibility index (Phi) is 12.2. The molecular weight excluding hydrogens is 783 g/mol. The SMILES string of the molecule is CC(C)C(=O)OCN1C(=O)CCC(N2C(=O)c3cccc(NCCCCCOc4ccc5c(c4)ncn5-c4ccc(NC(=O)Nc5cc(C(C)(C)C)[nH]n5)cc4)c3C2=O)C1=O. The number of aromatic nitrogens is 4. The summed E-state index contributed by atoms with van der Waals surface area (Å²) in [5.41, 5.74) is 4.81. The molecule has 0 aliphatic carbocycles. The molecule has 318 valence electrons. The van der Waals surface area contributed by atoms with Crippen LogP contribution in [-0.4, -0.2) is 91.1 Å². The Hall–Kier alpha value is -7.04. The number of benzene rings is 3. The van der Waals surface area contributed by atoms with Crippen molar-refractivity contribution in [3.8, 4) is 11.4 Å². The summed E-state index contributed by atoms with van der Waals surface area (Å²) >= 11 is 0. The fourth-order valence-corrected chi connectivity index (χ4v) is 7.08. The highest BCUT2D eigenvalue weighted by Crippen LogP contribution is 2.34. The Morgan fingerprint density at radius 1 is 0.934 bits per heavy atom. The molecule has 1 saturated heterocycles. The molecule has 1 atom stereocenters. The summed E-state index contributed by atoms with van der Waals surface area (Å²) in [4.78, 5) is 83.8. The Balaban J connectivity index is 0.859. The van der Waals surface area contributed by atoms with Crippen molar-refractivity contribution in [3.05, 3.63) is 89.9 Å². The van der Waals surface area contributed by atoms with E-state index in [2.05, 4.69) is 51.9 Å². The first kappa shape index (κ1) is 42.1. The molecule has 1 fully saturated rings. The normalized spacial score (nSPS) is 15.4. The Bertz CT molecular complexity index is 2480. The van der Waals surface area contributed by atoms with Crippen molar-refractivity contribution in [2.75, 3.05) is 35.8 Å². The van der Waals surface area contributed by atoms with E-state index in [1.165, 1.54) is 0 Å². The maximum atomic E-state index is 13.7. The lowest BCUT2D eigenvalue weighted by Gasteiger charge is -2.34. The summed E-state index contributed by atoms with van der Waals surface area (Å²) < 4.78 is 13.1. The minimum absolute atomic E-state index is 0.0104. The largest absolute Gasteiger partial charge is 0.494 e. The van der Waals surface area contributed by atoms with Gasteiger partial charge in [-0.1, -0.05) is 40.7 Å². The number of urea groups is 1. The van der Waals surface area contributed by atoms with Crippen LogP contribution in [-0.2, 0) is 24.5 Å². The van der Waals surface area contributed by atoms with Gasteiger partial charge in [-0.3, -0.25) is 43.9 Å². The van der Waals surface area contributed by atoms with Gasteiger partial charge in [-0.2, -0.15) is 5.10 Å². The zero-order valence-electron chi connectivity index (χ0n) is 34.7. The summed E-state index contributed by atoms with van der Waals surface area (Å²) in [6.07, 6.45) is 4.01. The van der Waals surface area contributed by atoms with E-state index >= 15 is 0 Å². The molecular formula is C44H49N9O8. The predicted octanol–water partition coefficient (Wildman–Crippen LogP) is 6.62. The summed E-state index contributed by atoms with van der Waals surface area (Å²) in [6.45, 7) is 9.88. The lowest BCUT2D eigenvalue weighted by atomic mass is 9.92. The van der Waals surface area contributed by atoms with E-state index in [1.807, 2.05) is 53.1 Å². The molecule has 4 N–H and O–H groups in total. The molecule has 1 unspecified atom stereocenters. The fourth-order valence-electron chi connectivity index (χ4n) is 7.08. The molecule has 7 rings (SSSR count). The second kappa shape index (κ2) is 17.7. The third-order valence-electron chi connectivity index (χ3n) is 10.5. The molecule has 5 aromatic rings. The van der Waals surface area contributed by atoms with Crippen LogP contribution < -0.4 is 20.7 Å². The second-order valence-electron chi connectivity index (χ2n) is 16.3. The summed E-state index contributed by atoms with van der Waals surface area (Å²) in [5.74, 6) is -2.40. The van der Waals surface area contributed by atoms with E-state index in [4.69, 9.17) is 9.47 Å². The number of anilines is 3. The molecule has 0 spiro atoms. The highest BCUT2D eigenvalue weighted by atomic mass is 16.5. The van der Waals surface area contributed by atoms with E-state index < -0.39 is 54.3 Å². The molecule has 0 bridgehead atoms. The number of rotatable bonds is 15. The van der Waals surface area contributed by atoms with Crippen molar-refractivity contribution in [2.24, 2.45) is 5.92 Å². The Morgan fingerprint density at radius 3 is 2.46 bits per heavy atom. The number of carbonyl (C=O) groups excluding carboxylic acids is 6. The smallest absolute Gasteiger partial charge is 0.324 e. The van der Waals surface area contributed by atoms with E-state index in [9.17, 15) is 28.8 Å². The quantitative estimate of drug-likeness (QED) is 0.0500. The maximum Gasteiger partial charge on any atom is 0.324 e. The fraction of sp³-hybridized carbons (Fsp3) is 0.364. The molecule has 2 aliphatic heterocycles. The second-order valence-corrected chi connectivity index (χ2v) is 16.3. The van der Waals surface area contributed by atoms with Crippen molar-refractivity contribution < 1.29 is 38.2 Å². The third-order valence-corrected chi connectivity index (χ3v) is 10.5. The number of piperidine rings is 1. The monoisotopic (exact) mass is 831 g/mol. The number of carbonyl (C=O) groups is 6. The van der Waals surface area contributed by atoms with Crippen LogP contribution in [0.5, 0.6) is 5.75 Å². The van der Waals surface area contributed by atoms with Crippen LogP contribution >= 0.6 is 0 Å². The van der Waals surface area contributed by atoms with Gasteiger partial charge in [0, 0.05) is 53.3 Å². The number of likely N-dealkylation sites (tertiary alicyclic amines) is 1. The molecule has 0 saturated carbocycles. The molecule has 2 aromatic heterocycles. The number of aromatic amines is 1. The van der Waals surface area contributed by atoms with Crippen molar-refractivity contribution in [3.63, 3.8) is 0 Å². The molecule has 6 amide bonds. The van der Waals surface area contributed by atoms with Crippen LogP contribution in [0.4, 0.5) is 22.0 Å². The van der Waals surface area contributed by atoms with Crippen molar-refractivity contribution in [2.45, 2.75) is 78.2 Å². The number of ether oxygens (including phenoxy) is 2. The predicted molar refractivity (Wildman–Crippen MR) is 226 cm³/mol. The van der Waals surface area contributed by atoms with E-state index in [0.717, 1.165) is 51.5 Å². The average Bonchev–Trinajstić information content (AvgIpc) is 3.94. The van der Waals surface area contributed by atoms with Crippen LogP contribution in [0.3, 0.4) is 0 Å². The first-order valence-electron chi connectivity index (χ1n) is 20.3. The summed E-state index contributed by atoms with van der Waals surface area (Å²) in [7, 11) is 0. The van der Waals surface area contributed by atoms with Crippen LogP contribution in [0.1, 0.15) is 93.1 Å². The summed E-state index contributed by atoms with van der Waals surface area (Å²) in [6, 6.07) is 18.3. The van der Waals surface area contributed by atoms with Gasteiger partial charge in [0.15, 0.2) is 12.5 Å². The molecule has 2 aliphatic rings. The van der Waals surface area contributed by atoms with Gasteiger partial charge in [-0.25, -0.2) is 14.7 Å². The van der Waals surface area contributed by atoms with Gasteiger partial charge < -0.3 is 20.1 Å². The third kappa shape index (κ3) is 9.25. The number of H-pyrrole nitrogens is 1. The van der Waals surface area contributed by atoms with E-state index in [-0.39, 0.29) is 29.4 Å². The van der Waals surface area contributed by atoms with Crippen molar-refractivity contribution in [1.29, 1.82) is 0 Å². The molecule has 3 aromatic carbocycles. The number of imide groups is 2. The lowest BCUT2D eigenvalue weighted by Crippen LogP contribution is -2.56. The highest BCUT2D eigenvalue weighted by molar-refractivity contribution is 6.25. The molecule has 61 heavy (non-hydrogen) atoms.